The number of likely N-dealkylation sites (N-methyl/N-ethyl adjacent to an activating group) is 1. The van der Waals surface area contributed by atoms with Gasteiger partial charge in [-0.25, -0.2) is 0 Å². The minimum Gasteiger partial charge on any atom is -0.386 e. The lowest BCUT2D eigenvalue weighted by Crippen LogP contribution is -2.30. The highest BCUT2D eigenvalue weighted by molar-refractivity contribution is 6.22. The van der Waals surface area contributed by atoms with Gasteiger partial charge in [0.1, 0.15) is 0 Å². The van der Waals surface area contributed by atoms with Gasteiger partial charge in [0, 0.05) is 18.2 Å². The molecule has 0 aromatic heterocycles. The Kier molecular flexibility index (Phi) is 10.5. The van der Waals surface area contributed by atoms with Crippen molar-refractivity contribution in [2.24, 2.45) is 5.41 Å². The molecular weight excluding hydrogens is 374 g/mol. The maximum absolute atomic E-state index is 6.64. The second kappa shape index (κ2) is 12.1. The number of aryl methyl sites for hydroxylation is 2. The average molecular weight is 414 g/mol. The van der Waals surface area contributed by atoms with Crippen molar-refractivity contribution < 1.29 is 0 Å². The van der Waals surface area contributed by atoms with E-state index in [1.807, 2.05) is 6.08 Å². The standard InChI is InChI=1S/C23H32ClN.C4H8/c1-7-21(24)18(5)22(19-10-9-16(3)17(4)15-19)23(6)13-11-20(12-14-23)25-8-2;1-3-4-2/h9-13,15,21-22,25H,5,7-8,14H2,1-4,6H3;3H,1,4H2,2H3. The van der Waals surface area contributed by atoms with Gasteiger partial charge in [-0.05, 0) is 68.2 Å². The van der Waals surface area contributed by atoms with E-state index in [2.05, 4.69) is 96.4 Å². The van der Waals surface area contributed by atoms with Crippen molar-refractivity contribution in [3.63, 3.8) is 0 Å². The summed E-state index contributed by atoms with van der Waals surface area (Å²) in [5.74, 6) is 0.213. The number of hydrogen-bond acceptors (Lipinski definition) is 1. The van der Waals surface area contributed by atoms with Crippen molar-refractivity contribution >= 4 is 11.6 Å². The summed E-state index contributed by atoms with van der Waals surface area (Å²) in [7, 11) is 0. The first kappa shape index (κ1) is 25.3. The summed E-state index contributed by atoms with van der Waals surface area (Å²) in [6.45, 7) is 21.8. The molecule has 0 saturated carbocycles. The quantitative estimate of drug-likeness (QED) is 0.336. The van der Waals surface area contributed by atoms with Crippen LogP contribution in [0.15, 0.2) is 66.9 Å². The van der Waals surface area contributed by atoms with Gasteiger partial charge in [-0.1, -0.05) is 69.4 Å². The van der Waals surface area contributed by atoms with E-state index in [0.29, 0.717) is 0 Å². The van der Waals surface area contributed by atoms with Crippen molar-refractivity contribution in [3.8, 4) is 0 Å². The number of hydrogen-bond donors (Lipinski definition) is 1. The van der Waals surface area contributed by atoms with Gasteiger partial charge in [0.05, 0.1) is 5.38 Å². The normalized spacial score (nSPS) is 20.0. The van der Waals surface area contributed by atoms with Crippen LogP contribution in [0.25, 0.3) is 0 Å². The van der Waals surface area contributed by atoms with Crippen LogP contribution in [0.5, 0.6) is 0 Å². The largest absolute Gasteiger partial charge is 0.386 e. The number of nitrogens with one attached hydrogen (secondary N) is 1. The van der Waals surface area contributed by atoms with E-state index in [9.17, 15) is 0 Å². The Hall–Kier alpha value is -1.73. The fourth-order valence-electron chi connectivity index (χ4n) is 3.70. The number of rotatable bonds is 8. The molecule has 0 bridgehead atoms. The molecule has 1 aromatic rings. The van der Waals surface area contributed by atoms with Crippen LogP contribution in [-0.4, -0.2) is 11.9 Å². The molecule has 1 aromatic carbocycles. The van der Waals surface area contributed by atoms with Gasteiger partial charge in [0.2, 0.25) is 0 Å². The maximum Gasteiger partial charge on any atom is 0.0546 e. The minimum atomic E-state index is -0.0139. The first-order valence-electron chi connectivity index (χ1n) is 10.9. The van der Waals surface area contributed by atoms with E-state index in [-0.39, 0.29) is 16.7 Å². The summed E-state index contributed by atoms with van der Waals surface area (Å²) >= 11 is 6.64. The van der Waals surface area contributed by atoms with Crippen LogP contribution < -0.4 is 5.32 Å². The zero-order valence-corrected chi connectivity index (χ0v) is 20.1. The smallest absolute Gasteiger partial charge is 0.0546 e. The van der Waals surface area contributed by atoms with Crippen molar-refractivity contribution in [3.05, 3.63) is 83.6 Å². The highest BCUT2D eigenvalue weighted by Crippen LogP contribution is 2.48. The van der Waals surface area contributed by atoms with E-state index in [1.165, 1.54) is 22.4 Å². The minimum absolute atomic E-state index is 0.00372. The lowest BCUT2D eigenvalue weighted by atomic mass is 9.65. The third kappa shape index (κ3) is 6.93. The molecule has 1 N–H and O–H groups in total. The topological polar surface area (TPSA) is 12.0 Å². The lowest BCUT2D eigenvalue weighted by molar-refractivity contribution is 0.362. The molecule has 3 atom stereocenters. The van der Waals surface area contributed by atoms with Crippen molar-refractivity contribution in [1.29, 1.82) is 0 Å². The van der Waals surface area contributed by atoms with Gasteiger partial charge in [0.15, 0.2) is 0 Å². The van der Waals surface area contributed by atoms with E-state index in [0.717, 1.165) is 31.4 Å². The van der Waals surface area contributed by atoms with Gasteiger partial charge in [-0.2, -0.15) is 0 Å². The molecule has 160 valence electrons. The molecule has 0 amide bonds. The molecule has 0 fully saturated rings. The van der Waals surface area contributed by atoms with Gasteiger partial charge in [-0.15, -0.1) is 18.2 Å². The predicted octanol–water partition coefficient (Wildman–Crippen LogP) is 8.00. The molecule has 0 aliphatic heterocycles. The second-order valence-corrected chi connectivity index (χ2v) is 8.68. The Morgan fingerprint density at radius 2 is 1.90 bits per heavy atom. The van der Waals surface area contributed by atoms with E-state index in [1.54, 1.807) is 0 Å². The van der Waals surface area contributed by atoms with Gasteiger partial charge in [-0.3, -0.25) is 0 Å². The van der Waals surface area contributed by atoms with E-state index >= 15 is 0 Å². The zero-order chi connectivity index (χ0) is 22.0. The summed E-state index contributed by atoms with van der Waals surface area (Å²) in [6.07, 6.45) is 11.7. The van der Waals surface area contributed by atoms with Crippen LogP contribution in [0.4, 0.5) is 0 Å². The second-order valence-electron chi connectivity index (χ2n) is 8.16. The highest BCUT2D eigenvalue weighted by atomic mass is 35.5. The Bertz CT molecular complexity index is 743. The number of benzene rings is 1. The summed E-state index contributed by atoms with van der Waals surface area (Å²) in [6, 6.07) is 6.78. The zero-order valence-electron chi connectivity index (χ0n) is 19.3. The maximum atomic E-state index is 6.64. The van der Waals surface area contributed by atoms with Crippen LogP contribution in [0.3, 0.4) is 0 Å². The molecule has 1 aliphatic carbocycles. The predicted molar refractivity (Wildman–Crippen MR) is 132 cm³/mol. The van der Waals surface area contributed by atoms with Crippen LogP contribution in [-0.2, 0) is 0 Å². The van der Waals surface area contributed by atoms with Gasteiger partial charge >= 0.3 is 0 Å². The summed E-state index contributed by atoms with van der Waals surface area (Å²) in [5, 5.41) is 3.40. The highest BCUT2D eigenvalue weighted by Gasteiger charge is 2.37. The Labute approximate surface area is 184 Å². The van der Waals surface area contributed by atoms with E-state index in [4.69, 9.17) is 11.6 Å². The monoisotopic (exact) mass is 413 g/mol. The Morgan fingerprint density at radius 3 is 2.34 bits per heavy atom. The molecule has 0 saturated heterocycles. The molecule has 0 spiro atoms. The van der Waals surface area contributed by atoms with Crippen LogP contribution >= 0.6 is 11.6 Å². The number of allylic oxidation sites excluding steroid dienone is 5. The molecule has 29 heavy (non-hydrogen) atoms. The average Bonchev–Trinajstić information content (AvgIpc) is 2.72. The summed E-state index contributed by atoms with van der Waals surface area (Å²) in [5.41, 5.74) is 6.29. The van der Waals surface area contributed by atoms with Crippen molar-refractivity contribution in [1.82, 2.24) is 5.32 Å². The molecule has 0 radical (unpaired) electrons. The molecule has 1 aliphatic rings. The van der Waals surface area contributed by atoms with E-state index < -0.39 is 0 Å². The molecule has 3 unspecified atom stereocenters. The third-order valence-corrected chi connectivity index (χ3v) is 6.32. The third-order valence-electron chi connectivity index (χ3n) is 5.73. The molecule has 2 heteroatoms. The first-order valence-corrected chi connectivity index (χ1v) is 11.3. The van der Waals surface area contributed by atoms with Gasteiger partial charge < -0.3 is 5.32 Å². The van der Waals surface area contributed by atoms with Crippen LogP contribution in [0.2, 0.25) is 0 Å². The summed E-state index contributed by atoms with van der Waals surface area (Å²) < 4.78 is 0. The lowest BCUT2D eigenvalue weighted by Gasteiger charge is -2.39. The first-order chi connectivity index (χ1) is 13.7. The molecule has 1 nitrogen and oxygen atoms in total. The van der Waals surface area contributed by atoms with Crippen molar-refractivity contribution in [2.45, 2.75) is 72.1 Å². The van der Waals surface area contributed by atoms with Crippen LogP contribution in [0.1, 0.15) is 69.6 Å². The SMILES string of the molecule is C=C(C(Cl)CC)C(c1ccc(C)c(C)c1)C1(C)C=CC(NCC)=CC1.C=CCC. The van der Waals surface area contributed by atoms with Crippen LogP contribution in [0, 0.1) is 19.3 Å². The van der Waals surface area contributed by atoms with Crippen molar-refractivity contribution in [2.75, 3.05) is 6.54 Å². The molecule has 2 rings (SSSR count). The fraction of sp³-hybridized carbons (Fsp3) is 0.481. The number of alkyl halides is 1. The molecular formula is C27H40ClN. The Balaban J connectivity index is 0.000000960. The fourth-order valence-corrected chi connectivity index (χ4v) is 3.83. The number of halogens is 1. The summed E-state index contributed by atoms with van der Waals surface area (Å²) in [4.78, 5) is 0. The Morgan fingerprint density at radius 1 is 1.24 bits per heavy atom. The van der Waals surface area contributed by atoms with Gasteiger partial charge in [0.25, 0.3) is 0 Å². The molecule has 0 heterocycles.